The number of nitrogens with zero attached hydrogens (tertiary/aromatic N) is 2. The molecular weight excluding hydrogens is 321 g/mol. The molecule has 1 aliphatic rings. The molecule has 0 radical (unpaired) electrons. The summed E-state index contributed by atoms with van der Waals surface area (Å²) in [5.74, 6) is -0.349. The Bertz CT molecular complexity index is 665. The van der Waals surface area contributed by atoms with E-state index in [2.05, 4.69) is 0 Å². The molecule has 24 heavy (non-hydrogen) atoms. The van der Waals surface area contributed by atoms with Gasteiger partial charge in [0, 0.05) is 0 Å². The van der Waals surface area contributed by atoms with Crippen molar-refractivity contribution in [3.05, 3.63) is 35.4 Å². The summed E-state index contributed by atoms with van der Waals surface area (Å²) in [6.45, 7) is 5.15. The average molecular weight is 340 g/mol. The van der Waals surface area contributed by atoms with E-state index in [0.717, 1.165) is 12.1 Å². The van der Waals surface area contributed by atoms with E-state index < -0.39 is 23.3 Å². The molecule has 1 saturated heterocycles. The van der Waals surface area contributed by atoms with Crippen molar-refractivity contribution in [2.24, 2.45) is 5.41 Å². The van der Waals surface area contributed by atoms with Gasteiger partial charge in [0.2, 0.25) is 5.91 Å². The van der Waals surface area contributed by atoms with Crippen molar-refractivity contribution in [2.75, 3.05) is 13.2 Å². The third-order valence-electron chi connectivity index (χ3n) is 4.09. The van der Waals surface area contributed by atoms with Crippen molar-refractivity contribution in [2.45, 2.75) is 39.1 Å². The first-order valence-electron chi connectivity index (χ1n) is 7.57. The zero-order valence-corrected chi connectivity index (χ0v) is 13.7. The van der Waals surface area contributed by atoms with Crippen LogP contribution in [0.3, 0.4) is 0 Å². The van der Waals surface area contributed by atoms with Crippen molar-refractivity contribution in [3.8, 4) is 6.07 Å². The van der Waals surface area contributed by atoms with Crippen molar-refractivity contribution in [3.63, 3.8) is 0 Å². The van der Waals surface area contributed by atoms with E-state index in [-0.39, 0.29) is 25.1 Å². The molecule has 0 N–H and O–H groups in total. The van der Waals surface area contributed by atoms with Gasteiger partial charge < -0.3 is 9.64 Å². The van der Waals surface area contributed by atoms with Gasteiger partial charge in [-0.2, -0.15) is 18.4 Å². The highest BCUT2D eigenvalue weighted by Gasteiger charge is 2.39. The van der Waals surface area contributed by atoms with Crippen molar-refractivity contribution in [1.82, 2.24) is 4.90 Å². The summed E-state index contributed by atoms with van der Waals surface area (Å²) >= 11 is 0. The van der Waals surface area contributed by atoms with Crippen LogP contribution in [-0.2, 0) is 15.7 Å². The molecule has 7 heteroatoms. The highest BCUT2D eigenvalue weighted by molar-refractivity contribution is 5.85. The number of morpholine rings is 1. The number of benzene rings is 1. The topological polar surface area (TPSA) is 53.3 Å². The van der Waals surface area contributed by atoms with Crippen LogP contribution in [0.15, 0.2) is 24.3 Å². The standard InChI is InChI=1S/C17H19F3N2O2/c1-11-9-24-14(8-22(11)15(23)16(2,3)10-21)12-5-4-6-13(7-12)17(18,19)20/h4-7,11,14H,8-9H2,1-3H3/t11-,14-/m0/s1. The van der Waals surface area contributed by atoms with Crippen LogP contribution >= 0.6 is 0 Å². The summed E-state index contributed by atoms with van der Waals surface area (Å²) in [5, 5.41) is 9.14. The van der Waals surface area contributed by atoms with E-state index >= 15 is 0 Å². The number of hydrogen-bond donors (Lipinski definition) is 0. The number of hydrogen-bond acceptors (Lipinski definition) is 3. The molecule has 0 unspecified atom stereocenters. The number of rotatable bonds is 2. The lowest BCUT2D eigenvalue weighted by atomic mass is 9.92. The number of nitriles is 1. The lowest BCUT2D eigenvalue weighted by molar-refractivity contribution is -0.151. The smallest absolute Gasteiger partial charge is 0.370 e. The number of carbonyl (C=O) groups excluding carboxylic acids is 1. The summed E-state index contributed by atoms with van der Waals surface area (Å²) in [5.41, 5.74) is -1.58. The number of halogens is 3. The average Bonchev–Trinajstić information content (AvgIpc) is 2.54. The largest absolute Gasteiger partial charge is 0.416 e. The number of ether oxygens (including phenoxy) is 1. The van der Waals surface area contributed by atoms with Crippen LogP contribution in [0.4, 0.5) is 13.2 Å². The van der Waals surface area contributed by atoms with E-state index in [4.69, 9.17) is 10.00 Å². The molecule has 1 aliphatic heterocycles. The molecule has 130 valence electrons. The van der Waals surface area contributed by atoms with E-state index in [9.17, 15) is 18.0 Å². The van der Waals surface area contributed by atoms with Gasteiger partial charge in [-0.05, 0) is 38.5 Å². The first-order valence-corrected chi connectivity index (χ1v) is 7.57. The normalized spacial score (nSPS) is 22.1. The molecule has 1 heterocycles. The van der Waals surface area contributed by atoms with E-state index in [1.165, 1.54) is 24.8 Å². The molecule has 4 nitrogen and oxygen atoms in total. The predicted molar refractivity (Wildman–Crippen MR) is 80.7 cm³/mol. The fourth-order valence-electron chi connectivity index (χ4n) is 2.56. The molecule has 0 saturated carbocycles. The minimum absolute atomic E-state index is 0.117. The lowest BCUT2D eigenvalue weighted by Gasteiger charge is -2.40. The Labute approximate surface area is 138 Å². The van der Waals surface area contributed by atoms with Crippen LogP contribution in [0.2, 0.25) is 0 Å². The highest BCUT2D eigenvalue weighted by atomic mass is 19.4. The Kier molecular flexibility index (Phi) is 4.90. The van der Waals surface area contributed by atoms with E-state index in [1.54, 1.807) is 13.0 Å². The number of amides is 1. The molecule has 1 aromatic rings. The molecule has 0 bridgehead atoms. The Morgan fingerprint density at radius 3 is 2.62 bits per heavy atom. The van der Waals surface area contributed by atoms with Crippen LogP contribution in [-0.4, -0.2) is 30.0 Å². The van der Waals surface area contributed by atoms with Gasteiger partial charge in [0.25, 0.3) is 0 Å². The Morgan fingerprint density at radius 1 is 1.38 bits per heavy atom. The van der Waals surface area contributed by atoms with E-state index in [1.807, 2.05) is 6.07 Å². The molecular formula is C17H19F3N2O2. The second-order valence-electron chi connectivity index (χ2n) is 6.49. The van der Waals surface area contributed by atoms with Crippen LogP contribution in [0.25, 0.3) is 0 Å². The SMILES string of the molecule is C[C@H]1CO[C@H](c2cccc(C(F)(F)F)c2)CN1C(=O)C(C)(C)C#N. The third-order valence-corrected chi connectivity index (χ3v) is 4.09. The summed E-state index contributed by atoms with van der Waals surface area (Å²) in [6, 6.07) is 6.63. The second-order valence-corrected chi connectivity index (χ2v) is 6.49. The minimum atomic E-state index is -4.43. The minimum Gasteiger partial charge on any atom is -0.370 e. The molecule has 0 aromatic heterocycles. The first-order chi connectivity index (χ1) is 11.1. The van der Waals surface area contributed by atoms with Crippen molar-refractivity contribution < 1.29 is 22.7 Å². The number of alkyl halides is 3. The van der Waals surface area contributed by atoms with Gasteiger partial charge in [-0.15, -0.1) is 0 Å². The molecule has 2 atom stereocenters. The highest BCUT2D eigenvalue weighted by Crippen LogP contribution is 2.33. The molecule has 0 aliphatic carbocycles. The van der Waals surface area contributed by atoms with Crippen molar-refractivity contribution in [1.29, 1.82) is 5.26 Å². The van der Waals surface area contributed by atoms with Gasteiger partial charge in [0.1, 0.15) is 11.5 Å². The van der Waals surface area contributed by atoms with Crippen LogP contribution in [0.1, 0.15) is 38.0 Å². The zero-order valence-electron chi connectivity index (χ0n) is 13.7. The predicted octanol–water partition coefficient (Wildman–Crippen LogP) is 3.54. The molecule has 2 rings (SSSR count). The fraction of sp³-hybridized carbons (Fsp3) is 0.529. The summed E-state index contributed by atoms with van der Waals surface area (Å²) in [6.07, 6.45) is -5.09. The maximum atomic E-state index is 12.9. The van der Waals surface area contributed by atoms with Gasteiger partial charge in [-0.25, -0.2) is 0 Å². The van der Waals surface area contributed by atoms with Gasteiger partial charge in [0.15, 0.2) is 0 Å². The second kappa shape index (κ2) is 6.44. The molecule has 1 amide bonds. The summed E-state index contributed by atoms with van der Waals surface area (Å²) < 4.78 is 44.2. The van der Waals surface area contributed by atoms with Gasteiger partial charge in [-0.1, -0.05) is 12.1 Å². The number of carbonyl (C=O) groups is 1. The molecule has 1 fully saturated rings. The van der Waals surface area contributed by atoms with Crippen LogP contribution in [0, 0.1) is 16.7 Å². The monoisotopic (exact) mass is 340 g/mol. The lowest BCUT2D eigenvalue weighted by Crippen LogP contribution is -2.52. The summed E-state index contributed by atoms with van der Waals surface area (Å²) in [4.78, 5) is 14.0. The van der Waals surface area contributed by atoms with Gasteiger partial charge in [0.05, 0.1) is 30.8 Å². The van der Waals surface area contributed by atoms with Gasteiger partial charge >= 0.3 is 6.18 Å². The van der Waals surface area contributed by atoms with Crippen LogP contribution in [0.5, 0.6) is 0 Å². The Balaban J connectivity index is 2.25. The maximum absolute atomic E-state index is 12.9. The fourth-order valence-corrected chi connectivity index (χ4v) is 2.56. The first kappa shape index (κ1) is 18.3. The van der Waals surface area contributed by atoms with Crippen molar-refractivity contribution >= 4 is 5.91 Å². The Morgan fingerprint density at radius 2 is 2.04 bits per heavy atom. The van der Waals surface area contributed by atoms with Gasteiger partial charge in [-0.3, -0.25) is 4.79 Å². The quantitative estimate of drug-likeness (QED) is 0.827. The van der Waals surface area contributed by atoms with Crippen LogP contribution < -0.4 is 0 Å². The summed E-state index contributed by atoms with van der Waals surface area (Å²) in [7, 11) is 0. The molecule has 0 spiro atoms. The maximum Gasteiger partial charge on any atom is 0.416 e. The van der Waals surface area contributed by atoms with E-state index in [0.29, 0.717) is 5.56 Å². The third kappa shape index (κ3) is 3.70. The zero-order chi connectivity index (χ0) is 18.1. The molecule has 1 aromatic carbocycles. The Hall–Kier alpha value is -2.07.